The van der Waals surface area contributed by atoms with E-state index in [4.69, 9.17) is 14.5 Å². The Bertz CT molecular complexity index is 1560. The molecule has 5 rings (SSSR count). The van der Waals surface area contributed by atoms with Gasteiger partial charge < -0.3 is 14.4 Å². The second kappa shape index (κ2) is 11.4. The molecule has 0 aliphatic carbocycles. The predicted molar refractivity (Wildman–Crippen MR) is 148 cm³/mol. The molecule has 220 valence electrons. The number of carbonyl (C=O) groups is 1. The number of piperidine rings is 1. The Morgan fingerprint density at radius 3 is 2.17 bits per heavy atom. The Morgan fingerprint density at radius 2 is 1.55 bits per heavy atom. The number of benzene rings is 2. The molecule has 2 aromatic carbocycles. The van der Waals surface area contributed by atoms with Gasteiger partial charge in [-0.05, 0) is 94.6 Å². The topological polar surface area (TPSA) is 82.4 Å². The van der Waals surface area contributed by atoms with Crippen molar-refractivity contribution in [2.75, 3.05) is 18.0 Å². The first-order valence-corrected chi connectivity index (χ1v) is 13.4. The molecule has 1 aliphatic rings. The Balaban J connectivity index is 1.64. The van der Waals surface area contributed by atoms with Gasteiger partial charge in [-0.3, -0.25) is 0 Å². The van der Waals surface area contributed by atoms with E-state index >= 15 is 0 Å². The van der Waals surface area contributed by atoms with Crippen molar-refractivity contribution >= 4 is 12.0 Å². The highest BCUT2D eigenvalue weighted by atomic mass is 19.4. The van der Waals surface area contributed by atoms with Gasteiger partial charge in [0.05, 0.1) is 11.3 Å². The van der Waals surface area contributed by atoms with E-state index < -0.39 is 29.3 Å². The van der Waals surface area contributed by atoms with Crippen LogP contribution in [0.4, 0.5) is 28.3 Å². The van der Waals surface area contributed by atoms with Gasteiger partial charge in [-0.1, -0.05) is 0 Å². The van der Waals surface area contributed by atoms with Crippen LogP contribution in [0.5, 0.6) is 11.8 Å². The van der Waals surface area contributed by atoms with Crippen molar-refractivity contribution in [3.8, 4) is 34.4 Å². The molecule has 0 amide bonds. The van der Waals surface area contributed by atoms with E-state index in [1.807, 2.05) is 4.90 Å². The van der Waals surface area contributed by atoms with Crippen LogP contribution in [-0.2, 0) is 10.9 Å². The van der Waals surface area contributed by atoms with Crippen LogP contribution in [0, 0.1) is 5.82 Å². The third-order valence-electron chi connectivity index (χ3n) is 6.46. The van der Waals surface area contributed by atoms with Gasteiger partial charge in [0.2, 0.25) is 5.95 Å². The number of aromatic nitrogens is 4. The normalized spacial score (nSPS) is 14.1. The summed E-state index contributed by atoms with van der Waals surface area (Å²) < 4.78 is 65.7. The Kier molecular flexibility index (Phi) is 7.89. The van der Waals surface area contributed by atoms with Gasteiger partial charge in [0.1, 0.15) is 28.6 Å². The number of halogens is 4. The summed E-state index contributed by atoms with van der Waals surface area (Å²) in [7, 11) is 0. The van der Waals surface area contributed by atoms with Gasteiger partial charge in [0.25, 0.3) is 0 Å². The summed E-state index contributed by atoms with van der Waals surface area (Å²) in [5.41, 5.74) is -0.226. The molecule has 1 saturated heterocycles. The molecule has 3 heterocycles. The van der Waals surface area contributed by atoms with Gasteiger partial charge in [-0.25, -0.2) is 23.7 Å². The molecule has 1 fully saturated rings. The highest BCUT2D eigenvalue weighted by Gasteiger charge is 2.32. The third kappa shape index (κ3) is 6.53. The van der Waals surface area contributed by atoms with Crippen LogP contribution in [0.1, 0.15) is 45.6 Å². The number of hydrogen-bond acceptors (Lipinski definition) is 7. The standard InChI is InChI=1S/C30H29F4N5O3/c1-29(2,3)42-28(40)39-25(23-15-16-35-26(36-23)41-22-13-9-20(10-14-22)30(32,33)34)24(19-7-11-21(31)12-8-19)37-27(39)38-17-5-4-6-18-38/h7-16H,4-6,17-18H2,1-3H3. The van der Waals surface area contributed by atoms with Crippen LogP contribution in [0.2, 0.25) is 0 Å². The predicted octanol–water partition coefficient (Wildman–Crippen LogP) is 7.73. The first-order valence-electron chi connectivity index (χ1n) is 13.4. The van der Waals surface area contributed by atoms with Crippen LogP contribution in [0.3, 0.4) is 0 Å². The molecule has 0 saturated carbocycles. The molecule has 2 aromatic heterocycles. The zero-order valence-electron chi connectivity index (χ0n) is 23.3. The average Bonchev–Trinajstić information content (AvgIpc) is 3.34. The van der Waals surface area contributed by atoms with E-state index in [9.17, 15) is 22.4 Å². The monoisotopic (exact) mass is 583 g/mol. The number of nitrogens with zero attached hydrogens (tertiary/aromatic N) is 5. The lowest BCUT2D eigenvalue weighted by molar-refractivity contribution is -0.137. The molecular weight excluding hydrogens is 554 g/mol. The van der Waals surface area contributed by atoms with Crippen molar-refractivity contribution in [1.82, 2.24) is 19.5 Å². The molecule has 0 N–H and O–H groups in total. The summed E-state index contributed by atoms with van der Waals surface area (Å²) in [5, 5.41) is 0. The van der Waals surface area contributed by atoms with Crippen LogP contribution < -0.4 is 9.64 Å². The minimum atomic E-state index is -4.49. The highest BCUT2D eigenvalue weighted by Crippen LogP contribution is 2.37. The number of imidazole rings is 1. The van der Waals surface area contributed by atoms with E-state index in [1.54, 1.807) is 39.0 Å². The molecule has 0 radical (unpaired) electrons. The maximum atomic E-state index is 13.9. The summed E-state index contributed by atoms with van der Waals surface area (Å²) >= 11 is 0. The summed E-state index contributed by atoms with van der Waals surface area (Å²) in [5.74, 6) is 0.0213. The van der Waals surface area contributed by atoms with Crippen molar-refractivity contribution in [1.29, 1.82) is 0 Å². The van der Waals surface area contributed by atoms with E-state index in [-0.39, 0.29) is 23.1 Å². The van der Waals surface area contributed by atoms with Crippen molar-refractivity contribution < 1.29 is 31.8 Å². The smallest absolute Gasteiger partial charge is 0.422 e. The molecule has 42 heavy (non-hydrogen) atoms. The molecule has 0 unspecified atom stereocenters. The second-order valence-corrected chi connectivity index (χ2v) is 10.8. The Labute approximate surface area is 239 Å². The number of anilines is 1. The van der Waals surface area contributed by atoms with Crippen LogP contribution in [0.25, 0.3) is 22.6 Å². The number of hydrogen-bond donors (Lipinski definition) is 0. The number of alkyl halides is 3. The molecule has 0 atom stereocenters. The van der Waals surface area contributed by atoms with Crippen molar-refractivity contribution in [3.05, 3.63) is 72.2 Å². The molecule has 0 bridgehead atoms. The van der Waals surface area contributed by atoms with Gasteiger partial charge in [-0.15, -0.1) is 0 Å². The molecular formula is C30H29F4N5O3. The van der Waals surface area contributed by atoms with Crippen LogP contribution in [-0.4, -0.2) is 44.3 Å². The van der Waals surface area contributed by atoms with Gasteiger partial charge in [0.15, 0.2) is 0 Å². The number of carbonyl (C=O) groups excluding carboxylic acids is 1. The fraction of sp³-hybridized carbons (Fsp3) is 0.333. The van der Waals surface area contributed by atoms with Crippen molar-refractivity contribution in [3.63, 3.8) is 0 Å². The molecule has 1 aliphatic heterocycles. The van der Waals surface area contributed by atoms with Crippen LogP contribution >= 0.6 is 0 Å². The lowest BCUT2D eigenvalue weighted by Crippen LogP contribution is -2.35. The molecule has 8 nitrogen and oxygen atoms in total. The second-order valence-electron chi connectivity index (χ2n) is 10.8. The first-order chi connectivity index (χ1) is 19.9. The zero-order chi connectivity index (χ0) is 30.1. The van der Waals surface area contributed by atoms with Crippen molar-refractivity contribution in [2.45, 2.75) is 51.8 Å². The van der Waals surface area contributed by atoms with Gasteiger partial charge in [-0.2, -0.15) is 18.2 Å². The minimum Gasteiger partial charge on any atom is -0.443 e. The van der Waals surface area contributed by atoms with E-state index in [0.29, 0.717) is 30.3 Å². The number of rotatable bonds is 5. The Morgan fingerprint density at radius 1 is 0.881 bits per heavy atom. The third-order valence-corrected chi connectivity index (χ3v) is 6.46. The summed E-state index contributed by atoms with van der Waals surface area (Å²) in [4.78, 5) is 29.2. The van der Waals surface area contributed by atoms with Gasteiger partial charge >= 0.3 is 18.3 Å². The summed E-state index contributed by atoms with van der Waals surface area (Å²) in [6, 6.07) is 11.2. The average molecular weight is 584 g/mol. The fourth-order valence-electron chi connectivity index (χ4n) is 4.58. The largest absolute Gasteiger partial charge is 0.443 e. The minimum absolute atomic E-state index is 0.0913. The van der Waals surface area contributed by atoms with Crippen molar-refractivity contribution in [2.24, 2.45) is 0 Å². The molecule has 12 heteroatoms. The summed E-state index contributed by atoms with van der Waals surface area (Å²) in [6.45, 7) is 6.61. The molecule has 4 aromatic rings. The zero-order valence-corrected chi connectivity index (χ0v) is 23.3. The quantitative estimate of drug-likeness (QED) is 0.222. The lowest BCUT2D eigenvalue weighted by Gasteiger charge is -2.29. The SMILES string of the molecule is CC(C)(C)OC(=O)n1c(N2CCCCC2)nc(-c2ccc(F)cc2)c1-c1ccnc(Oc2ccc(C(F)(F)F)cc2)n1. The maximum Gasteiger partial charge on any atom is 0.422 e. The fourth-order valence-corrected chi connectivity index (χ4v) is 4.58. The highest BCUT2D eigenvalue weighted by molar-refractivity contribution is 5.89. The summed E-state index contributed by atoms with van der Waals surface area (Å²) in [6.07, 6.45) is -0.872. The van der Waals surface area contributed by atoms with Gasteiger partial charge in [0, 0.05) is 24.8 Å². The van der Waals surface area contributed by atoms with E-state index in [2.05, 4.69) is 9.97 Å². The number of ether oxygens (including phenoxy) is 2. The van der Waals surface area contributed by atoms with Crippen LogP contribution in [0.15, 0.2) is 60.8 Å². The van der Waals surface area contributed by atoms with E-state index in [1.165, 1.54) is 35.0 Å². The first kappa shape index (κ1) is 29.0. The lowest BCUT2D eigenvalue weighted by atomic mass is 10.1. The van der Waals surface area contributed by atoms with E-state index in [0.717, 1.165) is 31.4 Å². The maximum absolute atomic E-state index is 13.9. The Hall–Kier alpha value is -4.48. The molecule has 0 spiro atoms.